The molecule has 0 aliphatic carbocycles. The van der Waals surface area contributed by atoms with E-state index < -0.39 is 5.82 Å². The quantitative estimate of drug-likeness (QED) is 0.831. The van der Waals surface area contributed by atoms with E-state index in [1.807, 2.05) is 0 Å². The van der Waals surface area contributed by atoms with E-state index in [4.69, 9.17) is 10.5 Å². The van der Waals surface area contributed by atoms with E-state index in [1.165, 1.54) is 6.07 Å². The Kier molecular flexibility index (Phi) is 4.77. The van der Waals surface area contributed by atoms with Crippen molar-refractivity contribution in [1.29, 1.82) is 0 Å². The Morgan fingerprint density at radius 1 is 1.24 bits per heavy atom. The highest BCUT2D eigenvalue weighted by Crippen LogP contribution is 2.19. The molecule has 2 aromatic carbocycles. The van der Waals surface area contributed by atoms with Gasteiger partial charge in [0, 0.05) is 5.69 Å². The number of para-hydroxylation sites is 1. The second-order valence-corrected chi connectivity index (χ2v) is 4.65. The Balaban J connectivity index is 1.84. The van der Waals surface area contributed by atoms with Gasteiger partial charge in [-0.25, -0.2) is 4.39 Å². The first-order valence-corrected chi connectivity index (χ1v) is 6.59. The van der Waals surface area contributed by atoms with E-state index in [2.05, 4.69) is 5.32 Å². The predicted octanol–water partition coefficient (Wildman–Crippen LogP) is 3.12. The molecule has 2 rings (SSSR count). The number of rotatable bonds is 5. The van der Waals surface area contributed by atoms with Gasteiger partial charge in [0.25, 0.3) is 0 Å². The van der Waals surface area contributed by atoms with Crippen LogP contribution in [0.15, 0.2) is 42.5 Å². The maximum absolute atomic E-state index is 13.6. The summed E-state index contributed by atoms with van der Waals surface area (Å²) < 4.78 is 19.0. The number of amides is 1. The normalized spacial score (nSPS) is 10.2. The lowest BCUT2D eigenvalue weighted by atomic mass is 10.2. The lowest BCUT2D eigenvalue weighted by molar-refractivity contribution is -0.116. The molecule has 0 atom stereocenters. The number of anilines is 2. The average Bonchev–Trinajstić information content (AvgIpc) is 2.45. The standard InChI is InChI=1S/C16H17FN2O2/c1-11-3-2-4-14(17)16(11)19-15(20)9-10-21-13-7-5-12(18)6-8-13/h2-8H,9-10,18H2,1H3,(H,19,20). The van der Waals surface area contributed by atoms with Crippen LogP contribution in [0, 0.1) is 12.7 Å². The first-order chi connectivity index (χ1) is 10.1. The number of halogens is 1. The molecule has 1 amide bonds. The molecule has 5 heteroatoms. The van der Waals surface area contributed by atoms with Crippen LogP contribution < -0.4 is 15.8 Å². The van der Waals surface area contributed by atoms with Crippen LogP contribution in [0.4, 0.5) is 15.8 Å². The van der Waals surface area contributed by atoms with Crippen molar-refractivity contribution in [2.75, 3.05) is 17.7 Å². The van der Waals surface area contributed by atoms with Crippen LogP contribution in [-0.2, 0) is 4.79 Å². The first kappa shape index (κ1) is 14.8. The highest BCUT2D eigenvalue weighted by atomic mass is 19.1. The molecule has 3 N–H and O–H groups in total. The van der Waals surface area contributed by atoms with Gasteiger partial charge in [-0.2, -0.15) is 0 Å². The summed E-state index contributed by atoms with van der Waals surface area (Å²) in [5.74, 6) is -0.0967. The summed E-state index contributed by atoms with van der Waals surface area (Å²) in [4.78, 5) is 11.8. The number of nitrogens with two attached hydrogens (primary N) is 1. The molecule has 0 spiro atoms. The minimum absolute atomic E-state index is 0.137. The van der Waals surface area contributed by atoms with Gasteiger partial charge < -0.3 is 15.8 Å². The molecule has 4 nitrogen and oxygen atoms in total. The van der Waals surface area contributed by atoms with Crippen LogP contribution in [0.2, 0.25) is 0 Å². The largest absolute Gasteiger partial charge is 0.493 e. The summed E-state index contributed by atoms with van der Waals surface area (Å²) in [6, 6.07) is 11.6. The zero-order valence-corrected chi connectivity index (χ0v) is 11.7. The third kappa shape index (κ3) is 4.21. The van der Waals surface area contributed by atoms with Gasteiger partial charge in [0.15, 0.2) is 0 Å². The highest BCUT2D eigenvalue weighted by Gasteiger charge is 2.09. The number of carbonyl (C=O) groups is 1. The van der Waals surface area contributed by atoms with Crippen LogP contribution >= 0.6 is 0 Å². The van der Waals surface area contributed by atoms with Gasteiger partial charge in [-0.05, 0) is 42.8 Å². The van der Waals surface area contributed by atoms with Gasteiger partial charge in [0.05, 0.1) is 18.7 Å². The van der Waals surface area contributed by atoms with E-state index in [0.717, 1.165) is 0 Å². The van der Waals surface area contributed by atoms with Gasteiger partial charge in [-0.15, -0.1) is 0 Å². The second kappa shape index (κ2) is 6.74. The maximum Gasteiger partial charge on any atom is 0.227 e. The van der Waals surface area contributed by atoms with Crippen LogP contribution in [-0.4, -0.2) is 12.5 Å². The van der Waals surface area contributed by atoms with Gasteiger partial charge >= 0.3 is 0 Å². The van der Waals surface area contributed by atoms with E-state index >= 15 is 0 Å². The molecular formula is C16H17FN2O2. The molecule has 0 aromatic heterocycles. The average molecular weight is 288 g/mol. The minimum atomic E-state index is -0.442. The van der Waals surface area contributed by atoms with E-state index in [-0.39, 0.29) is 24.6 Å². The van der Waals surface area contributed by atoms with Crippen molar-refractivity contribution in [1.82, 2.24) is 0 Å². The van der Waals surface area contributed by atoms with Crippen LogP contribution in [0.25, 0.3) is 0 Å². The predicted molar refractivity (Wildman–Crippen MR) is 80.7 cm³/mol. The van der Waals surface area contributed by atoms with Crippen molar-refractivity contribution in [2.45, 2.75) is 13.3 Å². The number of aryl methyl sites for hydroxylation is 1. The SMILES string of the molecule is Cc1cccc(F)c1NC(=O)CCOc1ccc(N)cc1. The summed E-state index contributed by atoms with van der Waals surface area (Å²) in [5.41, 5.74) is 7.11. The fourth-order valence-electron chi connectivity index (χ4n) is 1.82. The van der Waals surface area contributed by atoms with Crippen LogP contribution in [0.3, 0.4) is 0 Å². The minimum Gasteiger partial charge on any atom is -0.493 e. The fraction of sp³-hybridized carbons (Fsp3) is 0.188. The molecule has 0 aliphatic heterocycles. The van der Waals surface area contributed by atoms with Gasteiger partial charge in [-0.1, -0.05) is 12.1 Å². The summed E-state index contributed by atoms with van der Waals surface area (Å²) >= 11 is 0. The highest BCUT2D eigenvalue weighted by molar-refractivity contribution is 5.91. The number of benzene rings is 2. The molecule has 0 bridgehead atoms. The van der Waals surface area contributed by atoms with Crippen molar-refractivity contribution < 1.29 is 13.9 Å². The third-order valence-corrected chi connectivity index (χ3v) is 2.96. The van der Waals surface area contributed by atoms with Crippen molar-refractivity contribution in [2.24, 2.45) is 0 Å². The van der Waals surface area contributed by atoms with Crippen molar-refractivity contribution in [3.05, 3.63) is 53.8 Å². The Hall–Kier alpha value is -2.56. The first-order valence-electron chi connectivity index (χ1n) is 6.59. The summed E-state index contributed by atoms with van der Waals surface area (Å²) in [5, 5.41) is 2.56. The zero-order valence-electron chi connectivity index (χ0n) is 11.7. The molecule has 21 heavy (non-hydrogen) atoms. The summed E-state index contributed by atoms with van der Waals surface area (Å²) in [7, 11) is 0. The number of hydrogen-bond acceptors (Lipinski definition) is 3. The zero-order chi connectivity index (χ0) is 15.2. The number of hydrogen-bond donors (Lipinski definition) is 2. The van der Waals surface area contributed by atoms with Crippen molar-refractivity contribution in [3.8, 4) is 5.75 Å². The van der Waals surface area contributed by atoms with E-state index in [1.54, 1.807) is 43.3 Å². The summed E-state index contributed by atoms with van der Waals surface area (Å²) in [6.07, 6.45) is 0.137. The lowest BCUT2D eigenvalue weighted by Crippen LogP contribution is -2.16. The molecule has 0 saturated heterocycles. The summed E-state index contributed by atoms with van der Waals surface area (Å²) in [6.45, 7) is 1.95. The molecule has 2 aromatic rings. The Labute approximate surface area is 122 Å². The van der Waals surface area contributed by atoms with E-state index in [9.17, 15) is 9.18 Å². The lowest BCUT2D eigenvalue weighted by Gasteiger charge is -2.10. The maximum atomic E-state index is 13.6. The molecule has 110 valence electrons. The van der Waals surface area contributed by atoms with Crippen LogP contribution in [0.1, 0.15) is 12.0 Å². The number of nitrogen functional groups attached to an aromatic ring is 1. The van der Waals surface area contributed by atoms with Crippen LogP contribution in [0.5, 0.6) is 5.75 Å². The monoisotopic (exact) mass is 288 g/mol. The van der Waals surface area contributed by atoms with Crippen molar-refractivity contribution in [3.63, 3.8) is 0 Å². The Bertz CT molecular complexity index is 606. The molecule has 0 aliphatic rings. The number of ether oxygens (including phenoxy) is 1. The fourth-order valence-corrected chi connectivity index (χ4v) is 1.82. The smallest absolute Gasteiger partial charge is 0.227 e. The number of carbonyl (C=O) groups excluding carboxylic acids is 1. The topological polar surface area (TPSA) is 64.3 Å². The molecular weight excluding hydrogens is 271 g/mol. The van der Waals surface area contributed by atoms with Gasteiger partial charge in [0.1, 0.15) is 11.6 Å². The molecule has 0 heterocycles. The molecule has 0 radical (unpaired) electrons. The van der Waals surface area contributed by atoms with Gasteiger partial charge in [0.2, 0.25) is 5.91 Å². The number of nitrogens with one attached hydrogen (secondary N) is 1. The molecule has 0 saturated carbocycles. The van der Waals surface area contributed by atoms with Gasteiger partial charge in [-0.3, -0.25) is 4.79 Å². The molecule has 0 fully saturated rings. The second-order valence-electron chi connectivity index (χ2n) is 4.65. The Morgan fingerprint density at radius 3 is 2.62 bits per heavy atom. The van der Waals surface area contributed by atoms with E-state index in [0.29, 0.717) is 17.0 Å². The Morgan fingerprint density at radius 2 is 1.95 bits per heavy atom. The third-order valence-electron chi connectivity index (χ3n) is 2.96. The molecule has 0 unspecified atom stereocenters. The van der Waals surface area contributed by atoms with Crippen molar-refractivity contribution >= 4 is 17.3 Å².